The van der Waals surface area contributed by atoms with Crippen molar-refractivity contribution in [1.29, 1.82) is 0 Å². The highest BCUT2D eigenvalue weighted by atomic mass is 16.6. The Labute approximate surface area is 90.6 Å². The van der Waals surface area contributed by atoms with Crippen LogP contribution < -0.4 is 0 Å². The third-order valence-corrected chi connectivity index (χ3v) is 1.95. The van der Waals surface area contributed by atoms with Gasteiger partial charge in [0.15, 0.2) is 0 Å². The fourth-order valence-electron chi connectivity index (χ4n) is 1.25. The summed E-state index contributed by atoms with van der Waals surface area (Å²) in [7, 11) is 0. The number of hydrogen-bond donors (Lipinski definition) is 2. The van der Waals surface area contributed by atoms with Crippen LogP contribution in [0.5, 0.6) is 0 Å². The van der Waals surface area contributed by atoms with Gasteiger partial charge in [-0.15, -0.1) is 0 Å². The van der Waals surface area contributed by atoms with Crippen LogP contribution in [0.3, 0.4) is 0 Å². The molecule has 0 radical (unpaired) electrons. The van der Waals surface area contributed by atoms with Crippen molar-refractivity contribution in [3.63, 3.8) is 0 Å². The van der Waals surface area contributed by atoms with Crippen LogP contribution in [0.25, 0.3) is 6.08 Å². The third-order valence-electron chi connectivity index (χ3n) is 1.95. The van der Waals surface area contributed by atoms with E-state index in [0.29, 0.717) is 5.56 Å². The fraction of sp³-hybridized carbons (Fsp3) is 0.100. The number of nitro groups is 1. The standard InChI is InChI=1S/C10H9NO5/c12-6-8-7(4-5-10(13)14)2-1-3-9(8)11(15)16/h1-5,12H,6H2,(H,13,14)/b5-4+. The molecule has 16 heavy (non-hydrogen) atoms. The normalized spacial score (nSPS) is 10.6. The zero-order valence-corrected chi connectivity index (χ0v) is 8.16. The number of rotatable bonds is 4. The second kappa shape index (κ2) is 5.04. The van der Waals surface area contributed by atoms with Crippen molar-refractivity contribution in [3.05, 3.63) is 45.5 Å². The van der Waals surface area contributed by atoms with E-state index in [4.69, 9.17) is 10.2 Å². The Kier molecular flexibility index (Phi) is 3.73. The molecule has 0 bridgehead atoms. The predicted octanol–water partition coefficient (Wildman–Crippen LogP) is 1.18. The summed E-state index contributed by atoms with van der Waals surface area (Å²) in [6.45, 7) is -0.517. The number of nitrogens with zero attached hydrogens (tertiary/aromatic N) is 1. The molecule has 0 aliphatic heterocycles. The summed E-state index contributed by atoms with van der Waals surface area (Å²) in [6.07, 6.45) is 2.07. The Morgan fingerprint density at radius 1 is 1.50 bits per heavy atom. The number of carboxylic acid groups (broad SMARTS) is 1. The molecule has 0 aliphatic carbocycles. The van der Waals surface area contributed by atoms with Crippen molar-refractivity contribution in [3.8, 4) is 0 Å². The van der Waals surface area contributed by atoms with E-state index in [-0.39, 0.29) is 11.3 Å². The molecule has 6 heteroatoms. The summed E-state index contributed by atoms with van der Waals surface area (Å²) in [6, 6.07) is 4.18. The summed E-state index contributed by atoms with van der Waals surface area (Å²) in [4.78, 5) is 20.3. The quantitative estimate of drug-likeness (QED) is 0.453. The summed E-state index contributed by atoms with van der Waals surface area (Å²) >= 11 is 0. The summed E-state index contributed by atoms with van der Waals surface area (Å²) in [5, 5.41) is 28.1. The van der Waals surface area contributed by atoms with Gasteiger partial charge in [-0.25, -0.2) is 4.79 Å². The summed E-state index contributed by atoms with van der Waals surface area (Å²) < 4.78 is 0. The minimum Gasteiger partial charge on any atom is -0.478 e. The van der Waals surface area contributed by atoms with Crippen LogP contribution in [-0.2, 0) is 11.4 Å². The molecule has 6 nitrogen and oxygen atoms in total. The monoisotopic (exact) mass is 223 g/mol. The number of aliphatic carboxylic acids is 1. The van der Waals surface area contributed by atoms with Crippen molar-refractivity contribution in [2.24, 2.45) is 0 Å². The number of aliphatic hydroxyl groups excluding tert-OH is 1. The molecule has 1 aromatic rings. The highest BCUT2D eigenvalue weighted by Crippen LogP contribution is 2.23. The minimum absolute atomic E-state index is 0.102. The number of carbonyl (C=O) groups is 1. The molecule has 0 heterocycles. The predicted molar refractivity (Wildman–Crippen MR) is 55.7 cm³/mol. The average molecular weight is 223 g/mol. The van der Waals surface area contributed by atoms with Gasteiger partial charge in [-0.05, 0) is 11.6 Å². The van der Waals surface area contributed by atoms with Gasteiger partial charge in [0.25, 0.3) is 5.69 Å². The zero-order chi connectivity index (χ0) is 12.1. The lowest BCUT2D eigenvalue weighted by molar-refractivity contribution is -0.385. The lowest BCUT2D eigenvalue weighted by atomic mass is 10.1. The molecule has 1 rings (SSSR count). The van der Waals surface area contributed by atoms with Gasteiger partial charge in [-0.3, -0.25) is 10.1 Å². The van der Waals surface area contributed by atoms with Gasteiger partial charge in [0, 0.05) is 12.1 Å². The van der Waals surface area contributed by atoms with Crippen molar-refractivity contribution in [2.75, 3.05) is 0 Å². The smallest absolute Gasteiger partial charge is 0.328 e. The van der Waals surface area contributed by atoms with Crippen LogP contribution >= 0.6 is 0 Å². The van der Waals surface area contributed by atoms with Crippen LogP contribution in [-0.4, -0.2) is 21.1 Å². The first-order valence-electron chi connectivity index (χ1n) is 4.34. The molecule has 0 spiro atoms. The van der Waals surface area contributed by atoms with E-state index in [0.717, 1.165) is 6.08 Å². The number of benzene rings is 1. The van der Waals surface area contributed by atoms with Crippen molar-refractivity contribution in [2.45, 2.75) is 6.61 Å². The Morgan fingerprint density at radius 2 is 2.19 bits per heavy atom. The Morgan fingerprint density at radius 3 is 2.69 bits per heavy atom. The topological polar surface area (TPSA) is 101 Å². The lowest BCUT2D eigenvalue weighted by Gasteiger charge is -2.03. The first-order valence-corrected chi connectivity index (χ1v) is 4.34. The van der Waals surface area contributed by atoms with Gasteiger partial charge < -0.3 is 10.2 Å². The molecule has 2 N–H and O–H groups in total. The maximum atomic E-state index is 10.6. The Bertz CT molecular complexity index is 453. The highest BCUT2D eigenvalue weighted by molar-refractivity contribution is 5.85. The van der Waals surface area contributed by atoms with Crippen LogP contribution in [0.2, 0.25) is 0 Å². The molecule has 0 amide bonds. The molecule has 0 aliphatic rings. The van der Waals surface area contributed by atoms with Crippen molar-refractivity contribution < 1.29 is 19.9 Å². The van der Waals surface area contributed by atoms with E-state index in [1.807, 2.05) is 0 Å². The van der Waals surface area contributed by atoms with Crippen LogP contribution in [0.1, 0.15) is 11.1 Å². The molecule has 0 saturated carbocycles. The highest BCUT2D eigenvalue weighted by Gasteiger charge is 2.14. The SMILES string of the molecule is O=C(O)/C=C/c1cccc([N+](=O)[O-])c1CO. The maximum Gasteiger partial charge on any atom is 0.328 e. The second-order valence-corrected chi connectivity index (χ2v) is 2.93. The van der Waals surface area contributed by atoms with Crippen LogP contribution in [0, 0.1) is 10.1 Å². The molecule has 0 aromatic heterocycles. The largest absolute Gasteiger partial charge is 0.478 e. The molecule has 0 fully saturated rings. The molecule has 0 unspecified atom stereocenters. The molecule has 0 atom stereocenters. The van der Waals surface area contributed by atoms with E-state index in [9.17, 15) is 14.9 Å². The van der Waals surface area contributed by atoms with E-state index < -0.39 is 17.5 Å². The van der Waals surface area contributed by atoms with Gasteiger partial charge in [-0.2, -0.15) is 0 Å². The first-order chi connectivity index (χ1) is 7.56. The maximum absolute atomic E-state index is 10.6. The molecule has 84 valence electrons. The molecular formula is C10H9NO5. The molecular weight excluding hydrogens is 214 g/mol. The number of hydrogen-bond acceptors (Lipinski definition) is 4. The van der Waals surface area contributed by atoms with Crippen LogP contribution in [0.15, 0.2) is 24.3 Å². The number of carboxylic acids is 1. The minimum atomic E-state index is -1.16. The summed E-state index contributed by atoms with van der Waals surface area (Å²) in [5.41, 5.74) is 0.194. The van der Waals surface area contributed by atoms with Crippen molar-refractivity contribution >= 4 is 17.7 Å². The van der Waals surface area contributed by atoms with Crippen LogP contribution in [0.4, 0.5) is 5.69 Å². The average Bonchev–Trinajstić information content (AvgIpc) is 2.25. The van der Waals surface area contributed by atoms with E-state index >= 15 is 0 Å². The van der Waals surface area contributed by atoms with Gasteiger partial charge in [0.05, 0.1) is 17.1 Å². The Hall–Kier alpha value is -2.21. The fourth-order valence-corrected chi connectivity index (χ4v) is 1.25. The Balaban J connectivity index is 3.24. The first kappa shape index (κ1) is 11.9. The van der Waals surface area contributed by atoms with Gasteiger partial charge in [0.2, 0.25) is 0 Å². The molecule has 1 aromatic carbocycles. The number of nitro benzene ring substituents is 1. The van der Waals surface area contributed by atoms with Gasteiger partial charge in [0.1, 0.15) is 0 Å². The lowest BCUT2D eigenvalue weighted by Crippen LogP contribution is -1.98. The van der Waals surface area contributed by atoms with E-state index in [2.05, 4.69) is 0 Å². The molecule has 0 saturated heterocycles. The van der Waals surface area contributed by atoms with Gasteiger partial charge in [-0.1, -0.05) is 12.1 Å². The van der Waals surface area contributed by atoms with E-state index in [1.165, 1.54) is 24.3 Å². The zero-order valence-electron chi connectivity index (χ0n) is 8.16. The van der Waals surface area contributed by atoms with Gasteiger partial charge >= 0.3 is 5.97 Å². The van der Waals surface area contributed by atoms with E-state index in [1.54, 1.807) is 0 Å². The third kappa shape index (κ3) is 2.64. The second-order valence-electron chi connectivity index (χ2n) is 2.93. The number of aliphatic hydroxyl groups is 1. The summed E-state index contributed by atoms with van der Waals surface area (Å²) in [5.74, 6) is -1.16. The van der Waals surface area contributed by atoms with Crippen molar-refractivity contribution in [1.82, 2.24) is 0 Å².